The van der Waals surface area contributed by atoms with Gasteiger partial charge in [0.05, 0.1) is 31.7 Å². The van der Waals surface area contributed by atoms with Crippen LogP contribution in [0.5, 0.6) is 0 Å². The first-order chi connectivity index (χ1) is 18.3. The lowest BCUT2D eigenvalue weighted by Gasteiger charge is -2.45. The second-order valence-electron chi connectivity index (χ2n) is 9.76. The van der Waals surface area contributed by atoms with Crippen LogP contribution in [-0.4, -0.2) is 44.0 Å². The maximum atomic E-state index is 13.5. The molecule has 3 aromatic rings. The predicted molar refractivity (Wildman–Crippen MR) is 148 cm³/mol. The summed E-state index contributed by atoms with van der Waals surface area (Å²) in [7, 11) is -3.76. The summed E-state index contributed by atoms with van der Waals surface area (Å²) in [6.07, 6.45) is -2.73. The Bertz CT molecular complexity index is 1250. The molecule has 0 unspecified atom stereocenters. The van der Waals surface area contributed by atoms with Gasteiger partial charge in [0, 0.05) is 0 Å². The van der Waals surface area contributed by atoms with Gasteiger partial charge in [0.2, 0.25) is 0 Å². The van der Waals surface area contributed by atoms with E-state index in [4.69, 9.17) is 18.9 Å². The Morgan fingerprint density at radius 3 is 1.53 bits per heavy atom. The van der Waals surface area contributed by atoms with Crippen LogP contribution in [0.3, 0.4) is 0 Å². The molecule has 202 valence electrons. The summed E-state index contributed by atoms with van der Waals surface area (Å²) in [5.41, 5.74) is 2.20. The summed E-state index contributed by atoms with van der Waals surface area (Å²) in [4.78, 5) is 0. The van der Waals surface area contributed by atoms with Gasteiger partial charge >= 0.3 is 0 Å². The molecule has 0 amide bonds. The molecule has 3 aromatic carbocycles. The first-order valence-corrected chi connectivity index (χ1v) is 14.5. The number of rotatable bonds is 12. The highest BCUT2D eigenvalue weighted by molar-refractivity contribution is 7.92. The normalized spacial score (nSPS) is 23.7. The van der Waals surface area contributed by atoms with E-state index in [2.05, 4.69) is 6.58 Å². The Morgan fingerprint density at radius 1 is 0.711 bits per heavy atom. The van der Waals surface area contributed by atoms with Gasteiger partial charge in [0.15, 0.2) is 15.3 Å². The van der Waals surface area contributed by atoms with Crippen LogP contribution in [0.25, 0.3) is 0 Å². The molecule has 1 heterocycles. The predicted octanol–water partition coefficient (Wildman–Crippen LogP) is 5.48. The molecular formula is C31H36O6S. The van der Waals surface area contributed by atoms with E-state index in [1.54, 1.807) is 6.92 Å². The highest BCUT2D eigenvalue weighted by atomic mass is 32.2. The summed E-state index contributed by atoms with van der Waals surface area (Å²) >= 11 is 0. The third-order valence-corrected chi connectivity index (χ3v) is 8.37. The zero-order valence-electron chi connectivity index (χ0n) is 21.9. The van der Waals surface area contributed by atoms with Crippen molar-refractivity contribution in [3.63, 3.8) is 0 Å². The Labute approximate surface area is 226 Å². The minimum absolute atomic E-state index is 0.198. The third-order valence-electron chi connectivity index (χ3n) is 6.38. The topological polar surface area (TPSA) is 71.1 Å². The van der Waals surface area contributed by atoms with Crippen molar-refractivity contribution in [1.29, 1.82) is 0 Å². The molecule has 5 atom stereocenters. The Balaban J connectivity index is 1.65. The average molecular weight is 537 g/mol. The molecule has 38 heavy (non-hydrogen) atoms. The van der Waals surface area contributed by atoms with Gasteiger partial charge in [0.25, 0.3) is 0 Å². The zero-order chi connectivity index (χ0) is 27.0. The first-order valence-electron chi connectivity index (χ1n) is 12.8. The van der Waals surface area contributed by atoms with E-state index in [1.807, 2.05) is 97.9 Å². The lowest BCUT2D eigenvalue weighted by molar-refractivity contribution is -0.244. The summed E-state index contributed by atoms with van der Waals surface area (Å²) in [5, 5.41) is 0. The summed E-state index contributed by atoms with van der Waals surface area (Å²) in [6, 6.07) is 29.2. The van der Waals surface area contributed by atoms with E-state index in [0.29, 0.717) is 12.2 Å². The van der Waals surface area contributed by atoms with Crippen LogP contribution in [-0.2, 0) is 48.6 Å². The van der Waals surface area contributed by atoms with Crippen molar-refractivity contribution in [2.75, 3.05) is 5.75 Å². The van der Waals surface area contributed by atoms with Crippen LogP contribution < -0.4 is 0 Å². The first kappa shape index (κ1) is 28.2. The van der Waals surface area contributed by atoms with Crippen molar-refractivity contribution in [2.24, 2.45) is 0 Å². The zero-order valence-corrected chi connectivity index (χ0v) is 22.8. The lowest BCUT2D eigenvalue weighted by Crippen LogP contribution is -2.61. The van der Waals surface area contributed by atoms with Crippen molar-refractivity contribution in [3.8, 4) is 0 Å². The van der Waals surface area contributed by atoms with Gasteiger partial charge in [-0.3, -0.25) is 0 Å². The van der Waals surface area contributed by atoms with Crippen molar-refractivity contribution in [1.82, 2.24) is 0 Å². The lowest BCUT2D eigenvalue weighted by atomic mass is 9.99. The van der Waals surface area contributed by atoms with Gasteiger partial charge < -0.3 is 18.9 Å². The number of sulfone groups is 1. The maximum absolute atomic E-state index is 13.5. The Kier molecular flexibility index (Phi) is 9.88. The van der Waals surface area contributed by atoms with Gasteiger partial charge in [-0.2, -0.15) is 0 Å². The van der Waals surface area contributed by atoms with Gasteiger partial charge in [0.1, 0.15) is 18.3 Å². The molecule has 1 aliphatic heterocycles. The largest absolute Gasteiger partial charge is 0.368 e. The van der Waals surface area contributed by atoms with Crippen LogP contribution in [0.2, 0.25) is 0 Å². The van der Waals surface area contributed by atoms with Crippen molar-refractivity contribution in [3.05, 3.63) is 120 Å². The van der Waals surface area contributed by atoms with E-state index in [-0.39, 0.29) is 19.0 Å². The van der Waals surface area contributed by atoms with Gasteiger partial charge in [-0.05, 0) is 30.5 Å². The Hall–Kier alpha value is -2.81. The van der Waals surface area contributed by atoms with E-state index in [9.17, 15) is 8.42 Å². The Morgan fingerprint density at radius 2 is 1.11 bits per heavy atom. The van der Waals surface area contributed by atoms with Crippen LogP contribution in [0.4, 0.5) is 0 Å². The van der Waals surface area contributed by atoms with Gasteiger partial charge in [-0.1, -0.05) is 103 Å². The molecule has 0 N–H and O–H groups in total. The van der Waals surface area contributed by atoms with Crippen molar-refractivity contribution < 1.29 is 27.4 Å². The number of benzene rings is 3. The van der Waals surface area contributed by atoms with E-state index in [0.717, 1.165) is 16.7 Å². The van der Waals surface area contributed by atoms with E-state index >= 15 is 0 Å². The molecule has 0 bridgehead atoms. The highest BCUT2D eigenvalue weighted by Crippen LogP contribution is 2.33. The molecule has 1 fully saturated rings. The fourth-order valence-corrected chi connectivity index (χ4v) is 6.42. The van der Waals surface area contributed by atoms with Crippen LogP contribution in [0, 0.1) is 0 Å². The summed E-state index contributed by atoms with van der Waals surface area (Å²) in [5.74, 6) is -0.198. The van der Waals surface area contributed by atoms with Gasteiger partial charge in [-0.25, -0.2) is 8.42 Å². The molecule has 1 aliphatic rings. The van der Waals surface area contributed by atoms with Crippen LogP contribution >= 0.6 is 0 Å². The highest BCUT2D eigenvalue weighted by Gasteiger charge is 2.51. The van der Waals surface area contributed by atoms with Crippen molar-refractivity contribution >= 4 is 9.84 Å². The minimum Gasteiger partial charge on any atom is -0.368 e. The number of ether oxygens (including phenoxy) is 4. The van der Waals surface area contributed by atoms with Crippen molar-refractivity contribution in [2.45, 2.75) is 63.5 Å². The van der Waals surface area contributed by atoms with Crippen LogP contribution in [0.1, 0.15) is 30.5 Å². The van der Waals surface area contributed by atoms with Crippen LogP contribution in [0.15, 0.2) is 103 Å². The minimum atomic E-state index is -3.76. The molecule has 0 radical (unpaired) electrons. The monoisotopic (exact) mass is 536 g/mol. The molecular weight excluding hydrogens is 500 g/mol. The smallest absolute Gasteiger partial charge is 0.188 e. The fraction of sp³-hybridized carbons (Fsp3) is 0.355. The number of hydrogen-bond acceptors (Lipinski definition) is 6. The molecule has 1 saturated heterocycles. The molecule has 0 saturated carbocycles. The molecule has 0 spiro atoms. The maximum Gasteiger partial charge on any atom is 0.188 e. The SMILES string of the molecule is C=C(C)CS(=O)(=O)[C@H]1O[C@@H](C)[C@@H](OCc2ccccc2)[C@@H](OCc2ccccc2)[C@@H]1OCc1ccccc1. The summed E-state index contributed by atoms with van der Waals surface area (Å²) in [6.45, 7) is 8.15. The third kappa shape index (κ3) is 7.62. The quantitative estimate of drug-likeness (QED) is 0.286. The molecule has 4 rings (SSSR count). The molecule has 0 aromatic heterocycles. The van der Waals surface area contributed by atoms with Gasteiger partial charge in [-0.15, -0.1) is 0 Å². The second kappa shape index (κ2) is 13.3. The number of hydrogen-bond donors (Lipinski definition) is 0. The fourth-order valence-electron chi connectivity index (χ4n) is 4.58. The molecule has 7 heteroatoms. The molecule has 6 nitrogen and oxygen atoms in total. The summed E-state index contributed by atoms with van der Waals surface area (Å²) < 4.78 is 52.4. The van der Waals surface area contributed by atoms with E-state index < -0.39 is 39.7 Å². The molecule has 0 aliphatic carbocycles. The average Bonchev–Trinajstić information content (AvgIpc) is 2.91. The standard InChI is InChI=1S/C31H36O6S/c1-23(2)22-38(32,33)31-30(36-21-27-17-11-6-12-18-27)29(35-20-26-15-9-5-10-16-26)28(24(3)37-31)34-19-25-13-7-4-8-14-25/h4-18,24,28-31H,1,19-22H2,2-3H3/t24-,28+,29+,30-,31+/m0/s1. The van der Waals surface area contributed by atoms with E-state index in [1.165, 1.54) is 0 Å². The second-order valence-corrected chi connectivity index (χ2v) is 11.8.